The zero-order chi connectivity index (χ0) is 14.9. The summed E-state index contributed by atoms with van der Waals surface area (Å²) in [5.74, 6) is 0.717. The minimum Gasteiger partial charge on any atom is -0.494 e. The monoisotopic (exact) mass is 287 g/mol. The number of para-hydroxylation sites is 1. The van der Waals surface area contributed by atoms with E-state index in [1.54, 1.807) is 12.1 Å². The van der Waals surface area contributed by atoms with Crippen molar-refractivity contribution in [2.45, 2.75) is 25.8 Å². The first-order valence-corrected chi connectivity index (χ1v) is 7.46. The van der Waals surface area contributed by atoms with Crippen molar-refractivity contribution in [2.75, 3.05) is 13.2 Å². The van der Waals surface area contributed by atoms with Gasteiger partial charge in [0.15, 0.2) is 0 Å². The summed E-state index contributed by atoms with van der Waals surface area (Å²) in [7, 11) is 0. The Morgan fingerprint density at radius 1 is 1.10 bits per heavy atom. The lowest BCUT2D eigenvalue weighted by Crippen LogP contribution is -2.23. The van der Waals surface area contributed by atoms with Gasteiger partial charge in [0.2, 0.25) is 0 Å². The van der Waals surface area contributed by atoms with Gasteiger partial charge in [-0.25, -0.2) is 4.39 Å². The topological polar surface area (TPSA) is 21.3 Å². The molecule has 0 aliphatic carbocycles. The summed E-state index contributed by atoms with van der Waals surface area (Å²) >= 11 is 0. The molecule has 0 saturated heterocycles. The predicted molar refractivity (Wildman–Crippen MR) is 84.0 cm³/mol. The Balaban J connectivity index is 1.71. The minimum atomic E-state index is -0.180. The van der Waals surface area contributed by atoms with E-state index in [1.807, 2.05) is 36.4 Å². The summed E-state index contributed by atoms with van der Waals surface area (Å²) in [5, 5.41) is 3.45. The van der Waals surface area contributed by atoms with Crippen molar-refractivity contribution in [2.24, 2.45) is 0 Å². The van der Waals surface area contributed by atoms with E-state index in [0.717, 1.165) is 30.7 Å². The van der Waals surface area contributed by atoms with Crippen LogP contribution in [-0.2, 0) is 0 Å². The van der Waals surface area contributed by atoms with Crippen molar-refractivity contribution < 1.29 is 9.13 Å². The van der Waals surface area contributed by atoms with Crippen molar-refractivity contribution in [3.63, 3.8) is 0 Å². The highest BCUT2D eigenvalue weighted by Crippen LogP contribution is 2.17. The zero-order valence-electron chi connectivity index (χ0n) is 12.4. The molecule has 0 heterocycles. The first-order chi connectivity index (χ1) is 10.3. The molecule has 2 rings (SSSR count). The molecule has 2 aromatic carbocycles. The van der Waals surface area contributed by atoms with Gasteiger partial charge in [-0.15, -0.1) is 0 Å². The fraction of sp³-hybridized carbons (Fsp3) is 0.333. The zero-order valence-corrected chi connectivity index (χ0v) is 12.4. The highest BCUT2D eigenvalue weighted by molar-refractivity contribution is 5.21. The smallest absolute Gasteiger partial charge is 0.123 e. The maximum atomic E-state index is 13.2. The van der Waals surface area contributed by atoms with Crippen LogP contribution in [-0.4, -0.2) is 13.2 Å². The van der Waals surface area contributed by atoms with Gasteiger partial charge in [-0.3, -0.25) is 0 Å². The number of hydrogen-bond acceptors (Lipinski definition) is 2. The van der Waals surface area contributed by atoms with Gasteiger partial charge in [0.05, 0.1) is 6.61 Å². The van der Waals surface area contributed by atoms with Gasteiger partial charge in [0.25, 0.3) is 0 Å². The molecular weight excluding hydrogens is 265 g/mol. The molecule has 1 unspecified atom stereocenters. The quantitative estimate of drug-likeness (QED) is 0.729. The second-order valence-electron chi connectivity index (χ2n) is 4.99. The Morgan fingerprint density at radius 3 is 2.62 bits per heavy atom. The van der Waals surface area contributed by atoms with E-state index >= 15 is 0 Å². The molecule has 3 heteroatoms. The average Bonchev–Trinajstić information content (AvgIpc) is 2.52. The van der Waals surface area contributed by atoms with Crippen molar-refractivity contribution >= 4 is 0 Å². The third-order valence-corrected chi connectivity index (χ3v) is 3.38. The van der Waals surface area contributed by atoms with Crippen LogP contribution in [0.1, 0.15) is 31.4 Å². The highest BCUT2D eigenvalue weighted by Gasteiger charge is 2.08. The molecule has 0 spiro atoms. The molecule has 0 bridgehead atoms. The molecule has 2 aromatic rings. The van der Waals surface area contributed by atoms with Crippen molar-refractivity contribution in [3.8, 4) is 5.75 Å². The van der Waals surface area contributed by atoms with Gasteiger partial charge in [-0.1, -0.05) is 37.3 Å². The third kappa shape index (κ3) is 5.20. The Bertz CT molecular complexity index is 530. The van der Waals surface area contributed by atoms with Crippen LogP contribution in [0.15, 0.2) is 54.6 Å². The third-order valence-electron chi connectivity index (χ3n) is 3.38. The van der Waals surface area contributed by atoms with Crippen LogP contribution in [0.5, 0.6) is 5.75 Å². The fourth-order valence-corrected chi connectivity index (χ4v) is 2.28. The molecule has 1 N–H and O–H groups in total. The molecule has 1 atom stereocenters. The summed E-state index contributed by atoms with van der Waals surface area (Å²) in [5.41, 5.74) is 1.00. The van der Waals surface area contributed by atoms with E-state index in [4.69, 9.17) is 4.74 Å². The summed E-state index contributed by atoms with van der Waals surface area (Å²) < 4.78 is 18.9. The highest BCUT2D eigenvalue weighted by atomic mass is 19.1. The van der Waals surface area contributed by atoms with Crippen LogP contribution in [0.4, 0.5) is 4.39 Å². The van der Waals surface area contributed by atoms with E-state index in [1.165, 1.54) is 6.07 Å². The summed E-state index contributed by atoms with van der Waals surface area (Å²) in [6.07, 6.45) is 1.85. The van der Waals surface area contributed by atoms with Gasteiger partial charge in [-0.05, 0) is 49.2 Å². The average molecular weight is 287 g/mol. The molecule has 2 nitrogen and oxygen atoms in total. The largest absolute Gasteiger partial charge is 0.494 e. The van der Waals surface area contributed by atoms with Gasteiger partial charge in [-0.2, -0.15) is 0 Å². The molecule has 0 radical (unpaired) electrons. The van der Waals surface area contributed by atoms with E-state index in [9.17, 15) is 4.39 Å². The molecule has 0 saturated carbocycles. The van der Waals surface area contributed by atoms with Crippen molar-refractivity contribution in [1.82, 2.24) is 5.32 Å². The van der Waals surface area contributed by atoms with E-state index < -0.39 is 0 Å². The van der Waals surface area contributed by atoms with E-state index in [2.05, 4.69) is 12.2 Å². The molecule has 0 fully saturated rings. The SMILES string of the molecule is CCC(NCCCOc1ccccc1)c1cccc(F)c1. The van der Waals surface area contributed by atoms with Gasteiger partial charge in [0.1, 0.15) is 11.6 Å². The lowest BCUT2D eigenvalue weighted by atomic mass is 10.0. The molecule has 0 aliphatic rings. The number of nitrogens with one attached hydrogen (secondary N) is 1. The van der Waals surface area contributed by atoms with Crippen molar-refractivity contribution in [1.29, 1.82) is 0 Å². The lowest BCUT2D eigenvalue weighted by Gasteiger charge is -2.17. The first-order valence-electron chi connectivity index (χ1n) is 7.46. The van der Waals surface area contributed by atoms with E-state index in [0.29, 0.717) is 6.61 Å². The van der Waals surface area contributed by atoms with Gasteiger partial charge in [0, 0.05) is 6.04 Å². The Labute approximate surface area is 126 Å². The Hall–Kier alpha value is -1.87. The minimum absolute atomic E-state index is 0.180. The van der Waals surface area contributed by atoms with Crippen molar-refractivity contribution in [3.05, 3.63) is 66.0 Å². The van der Waals surface area contributed by atoms with Gasteiger partial charge < -0.3 is 10.1 Å². The normalized spacial score (nSPS) is 12.1. The molecular formula is C18H22FNO. The van der Waals surface area contributed by atoms with Crippen LogP contribution >= 0.6 is 0 Å². The maximum absolute atomic E-state index is 13.2. The molecule has 0 amide bonds. The number of ether oxygens (including phenoxy) is 1. The van der Waals surface area contributed by atoms with Crippen LogP contribution in [0.3, 0.4) is 0 Å². The van der Waals surface area contributed by atoms with Crippen LogP contribution in [0.25, 0.3) is 0 Å². The molecule has 112 valence electrons. The van der Waals surface area contributed by atoms with Crippen LogP contribution in [0, 0.1) is 5.82 Å². The number of rotatable bonds is 8. The van der Waals surface area contributed by atoms with Gasteiger partial charge >= 0.3 is 0 Å². The first kappa shape index (κ1) is 15.5. The predicted octanol–water partition coefficient (Wildman–Crippen LogP) is 4.34. The summed E-state index contributed by atoms with van der Waals surface area (Å²) in [4.78, 5) is 0. The fourth-order valence-electron chi connectivity index (χ4n) is 2.28. The Kier molecular flexibility index (Phi) is 6.22. The number of halogens is 1. The van der Waals surface area contributed by atoms with Crippen LogP contribution < -0.4 is 10.1 Å². The molecule has 0 aliphatic heterocycles. The second kappa shape index (κ2) is 8.42. The summed E-state index contributed by atoms with van der Waals surface area (Å²) in [6, 6.07) is 16.8. The molecule has 0 aromatic heterocycles. The standard InChI is InChI=1S/C18H22FNO/c1-2-18(15-8-6-9-16(19)14-15)20-12-7-13-21-17-10-4-3-5-11-17/h3-6,8-11,14,18,20H,2,7,12-13H2,1H3. The second-order valence-corrected chi connectivity index (χ2v) is 4.99. The van der Waals surface area contributed by atoms with Crippen LogP contribution in [0.2, 0.25) is 0 Å². The lowest BCUT2D eigenvalue weighted by molar-refractivity contribution is 0.304. The number of benzene rings is 2. The van der Waals surface area contributed by atoms with E-state index in [-0.39, 0.29) is 11.9 Å². The molecule has 21 heavy (non-hydrogen) atoms. The summed E-state index contributed by atoms with van der Waals surface area (Å²) in [6.45, 7) is 3.63. The number of hydrogen-bond donors (Lipinski definition) is 1. The Morgan fingerprint density at radius 2 is 1.90 bits per heavy atom. The maximum Gasteiger partial charge on any atom is 0.123 e.